The van der Waals surface area contributed by atoms with Crippen molar-refractivity contribution in [2.45, 2.75) is 0 Å². The summed E-state index contributed by atoms with van der Waals surface area (Å²) >= 11 is 0. The zero-order valence-corrected chi connectivity index (χ0v) is 12.0. The number of benzene rings is 2. The van der Waals surface area contributed by atoms with Crippen LogP contribution in [0.25, 0.3) is 27.9 Å². The number of nitrogens with two attached hydrogens (primary N) is 1. The molecule has 4 rings (SSSR count). The Morgan fingerprint density at radius 1 is 1.09 bits per heavy atom. The third kappa shape index (κ3) is 2.08. The number of nitrogen functional groups attached to an aromatic ring is 1. The highest BCUT2D eigenvalue weighted by molar-refractivity contribution is 5.89. The van der Waals surface area contributed by atoms with Crippen LogP contribution < -0.4 is 5.73 Å². The number of carboxylic acids is 1. The van der Waals surface area contributed by atoms with Crippen molar-refractivity contribution in [3.8, 4) is 11.3 Å². The largest absolute Gasteiger partial charge is 0.478 e. The van der Waals surface area contributed by atoms with Crippen molar-refractivity contribution in [1.82, 2.24) is 14.4 Å². The van der Waals surface area contributed by atoms with Crippen LogP contribution in [0.1, 0.15) is 10.4 Å². The summed E-state index contributed by atoms with van der Waals surface area (Å²) in [5, 5.41) is 9.13. The Balaban J connectivity index is 1.99. The second-order valence-electron chi connectivity index (χ2n) is 5.19. The maximum atomic E-state index is 11.1. The van der Waals surface area contributed by atoms with Gasteiger partial charge in [-0.3, -0.25) is 4.40 Å². The van der Waals surface area contributed by atoms with E-state index in [4.69, 9.17) is 10.8 Å². The number of fused-ring (bicyclic) bond motifs is 3. The van der Waals surface area contributed by atoms with E-state index in [2.05, 4.69) is 9.97 Å². The number of hydrogen-bond donors (Lipinski definition) is 2. The van der Waals surface area contributed by atoms with Crippen molar-refractivity contribution >= 4 is 28.5 Å². The highest BCUT2D eigenvalue weighted by atomic mass is 16.4. The summed E-state index contributed by atoms with van der Waals surface area (Å²) < 4.78 is 1.88. The number of carbonyl (C=O) groups is 1. The lowest BCUT2D eigenvalue weighted by atomic mass is 10.1. The Morgan fingerprint density at radius 2 is 1.91 bits per heavy atom. The summed E-state index contributed by atoms with van der Waals surface area (Å²) in [5.41, 5.74) is 9.82. The first-order chi connectivity index (χ1) is 11.1. The summed E-state index contributed by atoms with van der Waals surface area (Å²) in [6, 6.07) is 14.3. The van der Waals surface area contributed by atoms with Gasteiger partial charge in [0.05, 0.1) is 22.3 Å². The third-order valence-corrected chi connectivity index (χ3v) is 3.72. The van der Waals surface area contributed by atoms with Gasteiger partial charge in [-0.2, -0.15) is 0 Å². The maximum Gasteiger partial charge on any atom is 0.335 e. The monoisotopic (exact) mass is 304 g/mol. The van der Waals surface area contributed by atoms with Crippen LogP contribution in [0.5, 0.6) is 0 Å². The molecule has 2 aromatic heterocycles. The minimum Gasteiger partial charge on any atom is -0.478 e. The Hall–Kier alpha value is -3.41. The maximum absolute atomic E-state index is 11.1. The smallest absolute Gasteiger partial charge is 0.335 e. The number of para-hydroxylation sites is 2. The van der Waals surface area contributed by atoms with E-state index in [1.54, 1.807) is 18.2 Å². The second kappa shape index (κ2) is 4.81. The molecular formula is C17H12N4O2. The van der Waals surface area contributed by atoms with Crippen LogP contribution in [0.2, 0.25) is 0 Å². The molecule has 2 heterocycles. The Labute approximate surface area is 130 Å². The quantitative estimate of drug-likeness (QED) is 0.594. The molecule has 0 unspecified atom stereocenters. The summed E-state index contributed by atoms with van der Waals surface area (Å²) in [7, 11) is 0. The van der Waals surface area contributed by atoms with Crippen molar-refractivity contribution in [2.24, 2.45) is 0 Å². The predicted molar refractivity (Wildman–Crippen MR) is 87.3 cm³/mol. The number of carboxylic acid groups (broad SMARTS) is 1. The highest BCUT2D eigenvalue weighted by Crippen LogP contribution is 2.25. The zero-order chi connectivity index (χ0) is 16.0. The molecule has 0 fully saturated rings. The SMILES string of the molecule is Nc1nc2ccccc2n2cc(-c3cccc(C(=O)O)c3)nc12. The number of nitrogens with zero attached hydrogens (tertiary/aromatic N) is 3. The van der Waals surface area contributed by atoms with Crippen molar-refractivity contribution in [1.29, 1.82) is 0 Å². The fourth-order valence-electron chi connectivity index (χ4n) is 2.64. The van der Waals surface area contributed by atoms with E-state index in [1.807, 2.05) is 40.9 Å². The van der Waals surface area contributed by atoms with Gasteiger partial charge in [0.1, 0.15) is 0 Å². The standard InChI is InChI=1S/C17H12N4O2/c18-15-16-20-13(10-4-3-5-11(8-10)17(22)23)9-21(16)14-7-2-1-6-12(14)19-15/h1-9H,(H2,18,19)(H,22,23). The zero-order valence-electron chi connectivity index (χ0n) is 12.0. The number of anilines is 1. The van der Waals surface area contributed by atoms with E-state index in [9.17, 15) is 4.79 Å². The molecule has 0 bridgehead atoms. The van der Waals surface area contributed by atoms with Crippen molar-refractivity contribution < 1.29 is 9.90 Å². The molecule has 0 saturated heterocycles. The van der Waals surface area contributed by atoms with Crippen molar-refractivity contribution in [3.05, 3.63) is 60.3 Å². The molecule has 6 heteroatoms. The molecule has 112 valence electrons. The minimum atomic E-state index is -0.970. The number of imidazole rings is 1. The molecule has 0 aliphatic heterocycles. The van der Waals surface area contributed by atoms with Gasteiger partial charge in [0.2, 0.25) is 0 Å². The van der Waals surface area contributed by atoms with Gasteiger partial charge in [-0.15, -0.1) is 0 Å². The number of aromatic nitrogens is 3. The van der Waals surface area contributed by atoms with E-state index < -0.39 is 5.97 Å². The average molecular weight is 304 g/mol. The minimum absolute atomic E-state index is 0.218. The first-order valence-corrected chi connectivity index (χ1v) is 7.00. The lowest BCUT2D eigenvalue weighted by molar-refractivity contribution is 0.0697. The van der Waals surface area contributed by atoms with Gasteiger partial charge in [-0.05, 0) is 24.3 Å². The van der Waals surface area contributed by atoms with E-state index in [-0.39, 0.29) is 5.56 Å². The molecule has 2 aromatic carbocycles. The van der Waals surface area contributed by atoms with Gasteiger partial charge in [0.25, 0.3) is 0 Å². The van der Waals surface area contributed by atoms with Crippen molar-refractivity contribution in [3.63, 3.8) is 0 Å². The summed E-state index contributed by atoms with van der Waals surface area (Å²) in [4.78, 5) is 20.0. The first-order valence-electron chi connectivity index (χ1n) is 7.00. The number of hydrogen-bond acceptors (Lipinski definition) is 4. The van der Waals surface area contributed by atoms with Gasteiger partial charge in [0.15, 0.2) is 11.5 Å². The normalized spacial score (nSPS) is 11.1. The first kappa shape index (κ1) is 13.3. The van der Waals surface area contributed by atoms with Gasteiger partial charge in [-0.25, -0.2) is 14.8 Å². The van der Waals surface area contributed by atoms with Gasteiger partial charge < -0.3 is 10.8 Å². The molecule has 0 spiro atoms. The second-order valence-corrected chi connectivity index (χ2v) is 5.19. The van der Waals surface area contributed by atoms with Crippen LogP contribution in [0.3, 0.4) is 0 Å². The van der Waals surface area contributed by atoms with Crippen LogP contribution in [0, 0.1) is 0 Å². The Morgan fingerprint density at radius 3 is 2.74 bits per heavy atom. The van der Waals surface area contributed by atoms with E-state index >= 15 is 0 Å². The van der Waals surface area contributed by atoms with Gasteiger partial charge in [0, 0.05) is 11.8 Å². The van der Waals surface area contributed by atoms with Crippen LogP contribution in [-0.2, 0) is 0 Å². The predicted octanol–water partition coefficient (Wildman–Crippen LogP) is 2.83. The molecule has 0 radical (unpaired) electrons. The van der Waals surface area contributed by atoms with Crippen LogP contribution >= 0.6 is 0 Å². The highest BCUT2D eigenvalue weighted by Gasteiger charge is 2.12. The molecule has 3 N–H and O–H groups in total. The summed E-state index contributed by atoms with van der Waals surface area (Å²) in [6.45, 7) is 0. The topological polar surface area (TPSA) is 93.5 Å². The summed E-state index contributed by atoms with van der Waals surface area (Å²) in [5.74, 6) is -0.633. The average Bonchev–Trinajstić information content (AvgIpc) is 3.01. The molecular weight excluding hydrogens is 292 g/mol. The lowest BCUT2D eigenvalue weighted by Crippen LogP contribution is -1.97. The number of aromatic carboxylic acids is 1. The molecule has 0 aliphatic carbocycles. The molecule has 4 aromatic rings. The molecule has 6 nitrogen and oxygen atoms in total. The fraction of sp³-hybridized carbons (Fsp3) is 0. The Bertz CT molecular complexity index is 1070. The third-order valence-electron chi connectivity index (χ3n) is 3.72. The van der Waals surface area contributed by atoms with Gasteiger partial charge >= 0.3 is 5.97 Å². The Kier molecular flexibility index (Phi) is 2.77. The van der Waals surface area contributed by atoms with Gasteiger partial charge in [-0.1, -0.05) is 24.3 Å². The molecule has 0 atom stereocenters. The molecule has 0 aliphatic rings. The van der Waals surface area contributed by atoms with E-state index in [0.717, 1.165) is 16.6 Å². The van der Waals surface area contributed by atoms with Crippen LogP contribution in [0.4, 0.5) is 5.82 Å². The molecule has 0 saturated carbocycles. The lowest BCUT2D eigenvalue weighted by Gasteiger charge is -2.02. The molecule has 0 amide bonds. The summed E-state index contributed by atoms with van der Waals surface area (Å²) in [6.07, 6.45) is 1.84. The van der Waals surface area contributed by atoms with Crippen LogP contribution in [0.15, 0.2) is 54.7 Å². The van der Waals surface area contributed by atoms with E-state index in [0.29, 0.717) is 17.2 Å². The van der Waals surface area contributed by atoms with Crippen LogP contribution in [-0.4, -0.2) is 25.4 Å². The number of rotatable bonds is 2. The molecule has 23 heavy (non-hydrogen) atoms. The fourth-order valence-corrected chi connectivity index (χ4v) is 2.64. The van der Waals surface area contributed by atoms with Crippen molar-refractivity contribution in [2.75, 3.05) is 5.73 Å². The van der Waals surface area contributed by atoms with E-state index in [1.165, 1.54) is 0 Å².